The zero-order chi connectivity index (χ0) is 11.2. The van der Waals surface area contributed by atoms with E-state index in [9.17, 15) is 0 Å². The zero-order valence-electron chi connectivity index (χ0n) is 8.52. The summed E-state index contributed by atoms with van der Waals surface area (Å²) < 4.78 is 5.54. The fourth-order valence-corrected chi connectivity index (χ4v) is 1.93. The first-order chi connectivity index (χ1) is 7.84. The van der Waals surface area contributed by atoms with Crippen LogP contribution in [0.5, 0.6) is 5.75 Å². The van der Waals surface area contributed by atoms with E-state index in [0.29, 0.717) is 6.61 Å². The molecule has 1 aromatic carbocycles. The van der Waals surface area contributed by atoms with Crippen molar-refractivity contribution in [1.82, 2.24) is 9.97 Å². The van der Waals surface area contributed by atoms with Gasteiger partial charge in [-0.25, -0.2) is 4.98 Å². The highest BCUT2D eigenvalue weighted by atomic mass is 35.5. The number of ether oxygens (including phenoxy) is 1. The molecule has 84 valence electrons. The Balaban J connectivity index is 1.70. The minimum atomic E-state index is 0.646. The van der Waals surface area contributed by atoms with Crippen LogP contribution in [0.25, 0.3) is 0 Å². The van der Waals surface area contributed by atoms with Gasteiger partial charge in [0.15, 0.2) is 5.16 Å². The van der Waals surface area contributed by atoms with E-state index in [2.05, 4.69) is 9.97 Å². The van der Waals surface area contributed by atoms with Crippen LogP contribution in [-0.4, -0.2) is 22.3 Å². The van der Waals surface area contributed by atoms with Crippen molar-refractivity contribution >= 4 is 23.4 Å². The van der Waals surface area contributed by atoms with Crippen LogP contribution in [0.4, 0.5) is 0 Å². The normalized spacial score (nSPS) is 10.3. The van der Waals surface area contributed by atoms with Gasteiger partial charge >= 0.3 is 0 Å². The Morgan fingerprint density at radius 2 is 2.12 bits per heavy atom. The molecule has 0 saturated carbocycles. The average molecular weight is 255 g/mol. The molecule has 2 rings (SSSR count). The first-order valence-electron chi connectivity index (χ1n) is 4.85. The van der Waals surface area contributed by atoms with E-state index in [-0.39, 0.29) is 0 Å². The molecular formula is C11H11ClN2OS. The maximum Gasteiger partial charge on any atom is 0.165 e. The number of nitrogens with zero attached hydrogens (tertiary/aromatic N) is 1. The van der Waals surface area contributed by atoms with E-state index in [1.54, 1.807) is 18.0 Å². The van der Waals surface area contributed by atoms with E-state index in [4.69, 9.17) is 16.3 Å². The Kier molecular flexibility index (Phi) is 4.13. The second kappa shape index (κ2) is 5.82. The Hall–Kier alpha value is -1.13. The number of benzene rings is 1. The van der Waals surface area contributed by atoms with Crippen molar-refractivity contribution in [2.45, 2.75) is 5.16 Å². The van der Waals surface area contributed by atoms with Crippen molar-refractivity contribution in [3.8, 4) is 5.75 Å². The molecular weight excluding hydrogens is 244 g/mol. The summed E-state index contributed by atoms with van der Waals surface area (Å²) in [4.78, 5) is 7.13. The summed E-state index contributed by atoms with van der Waals surface area (Å²) in [6.07, 6.45) is 3.55. The van der Waals surface area contributed by atoms with E-state index in [1.165, 1.54) is 0 Å². The number of hydrogen-bond donors (Lipinski definition) is 1. The molecule has 0 bridgehead atoms. The van der Waals surface area contributed by atoms with Crippen LogP contribution < -0.4 is 4.74 Å². The van der Waals surface area contributed by atoms with Gasteiger partial charge in [-0.2, -0.15) is 0 Å². The third kappa shape index (κ3) is 3.47. The Bertz CT molecular complexity index is 416. The van der Waals surface area contributed by atoms with Crippen molar-refractivity contribution in [3.05, 3.63) is 41.7 Å². The highest BCUT2D eigenvalue weighted by Gasteiger charge is 1.97. The Labute approximate surface area is 103 Å². The lowest BCUT2D eigenvalue weighted by Crippen LogP contribution is -2.00. The van der Waals surface area contributed by atoms with E-state index in [1.807, 2.05) is 30.5 Å². The third-order valence-corrected chi connectivity index (χ3v) is 3.00. The molecule has 5 heteroatoms. The second-order valence-electron chi connectivity index (χ2n) is 3.05. The van der Waals surface area contributed by atoms with Gasteiger partial charge in [0.25, 0.3) is 0 Å². The van der Waals surface area contributed by atoms with Gasteiger partial charge < -0.3 is 9.72 Å². The molecule has 0 aliphatic carbocycles. The van der Waals surface area contributed by atoms with Crippen LogP contribution in [0.1, 0.15) is 0 Å². The number of imidazole rings is 1. The topological polar surface area (TPSA) is 37.9 Å². The minimum absolute atomic E-state index is 0.646. The molecule has 0 aliphatic rings. The van der Waals surface area contributed by atoms with Crippen molar-refractivity contribution in [2.24, 2.45) is 0 Å². The molecule has 1 N–H and O–H groups in total. The summed E-state index contributed by atoms with van der Waals surface area (Å²) in [7, 11) is 0. The number of halogens is 1. The molecule has 16 heavy (non-hydrogen) atoms. The van der Waals surface area contributed by atoms with Crippen LogP contribution in [-0.2, 0) is 0 Å². The molecule has 0 spiro atoms. The molecule has 0 fully saturated rings. The fraction of sp³-hybridized carbons (Fsp3) is 0.182. The number of aromatic amines is 1. The lowest BCUT2D eigenvalue weighted by molar-refractivity contribution is 0.344. The third-order valence-electron chi connectivity index (χ3n) is 1.88. The first-order valence-corrected chi connectivity index (χ1v) is 6.21. The van der Waals surface area contributed by atoms with Gasteiger partial charge in [0.2, 0.25) is 0 Å². The number of hydrogen-bond acceptors (Lipinski definition) is 3. The number of aromatic nitrogens is 2. The molecule has 0 amide bonds. The van der Waals surface area contributed by atoms with Crippen molar-refractivity contribution in [3.63, 3.8) is 0 Å². The average Bonchev–Trinajstić information content (AvgIpc) is 2.80. The first kappa shape index (κ1) is 11.4. The predicted molar refractivity (Wildman–Crippen MR) is 66.3 cm³/mol. The monoisotopic (exact) mass is 254 g/mol. The number of H-pyrrole nitrogens is 1. The number of nitrogens with one attached hydrogen (secondary N) is 1. The summed E-state index contributed by atoms with van der Waals surface area (Å²) in [5, 5.41) is 1.64. The number of thioether (sulfide) groups is 1. The van der Waals surface area contributed by atoms with Gasteiger partial charge in [-0.15, -0.1) is 0 Å². The van der Waals surface area contributed by atoms with Crippen LogP contribution in [0.3, 0.4) is 0 Å². The van der Waals surface area contributed by atoms with Crippen molar-refractivity contribution in [1.29, 1.82) is 0 Å². The maximum atomic E-state index is 5.77. The molecule has 0 atom stereocenters. The van der Waals surface area contributed by atoms with E-state index in [0.717, 1.165) is 21.7 Å². The van der Waals surface area contributed by atoms with Crippen LogP contribution in [0.2, 0.25) is 5.02 Å². The lowest BCUT2D eigenvalue weighted by atomic mass is 10.3. The van der Waals surface area contributed by atoms with Gasteiger partial charge in [-0.1, -0.05) is 23.4 Å². The summed E-state index contributed by atoms with van der Waals surface area (Å²) >= 11 is 7.40. The summed E-state index contributed by atoms with van der Waals surface area (Å²) in [5.41, 5.74) is 0. The van der Waals surface area contributed by atoms with Gasteiger partial charge in [0.05, 0.1) is 6.61 Å². The fourth-order valence-electron chi connectivity index (χ4n) is 1.16. The van der Waals surface area contributed by atoms with Crippen LogP contribution in [0, 0.1) is 0 Å². The highest BCUT2D eigenvalue weighted by molar-refractivity contribution is 7.99. The summed E-state index contributed by atoms with van der Waals surface area (Å²) in [6.45, 7) is 0.646. The molecule has 0 radical (unpaired) electrons. The zero-order valence-corrected chi connectivity index (χ0v) is 10.1. The largest absolute Gasteiger partial charge is 0.493 e. The minimum Gasteiger partial charge on any atom is -0.493 e. The Morgan fingerprint density at radius 1 is 1.31 bits per heavy atom. The molecule has 1 heterocycles. The van der Waals surface area contributed by atoms with Crippen LogP contribution >= 0.6 is 23.4 Å². The Morgan fingerprint density at radius 3 is 2.81 bits per heavy atom. The van der Waals surface area contributed by atoms with Crippen LogP contribution in [0.15, 0.2) is 41.8 Å². The van der Waals surface area contributed by atoms with Crippen molar-refractivity contribution in [2.75, 3.05) is 12.4 Å². The maximum absolute atomic E-state index is 5.77. The predicted octanol–water partition coefficient (Wildman–Crippen LogP) is 3.23. The quantitative estimate of drug-likeness (QED) is 0.658. The van der Waals surface area contributed by atoms with Gasteiger partial charge in [0.1, 0.15) is 5.75 Å². The molecule has 0 saturated heterocycles. The molecule has 0 aliphatic heterocycles. The molecule has 2 aromatic rings. The van der Waals surface area contributed by atoms with Gasteiger partial charge in [-0.05, 0) is 24.3 Å². The highest BCUT2D eigenvalue weighted by Crippen LogP contribution is 2.16. The van der Waals surface area contributed by atoms with E-state index < -0.39 is 0 Å². The second-order valence-corrected chi connectivity index (χ2v) is 4.57. The smallest absolute Gasteiger partial charge is 0.165 e. The van der Waals surface area contributed by atoms with Crippen molar-refractivity contribution < 1.29 is 4.74 Å². The van der Waals surface area contributed by atoms with Gasteiger partial charge in [0, 0.05) is 23.2 Å². The number of rotatable bonds is 5. The molecule has 3 nitrogen and oxygen atoms in total. The van der Waals surface area contributed by atoms with E-state index >= 15 is 0 Å². The SMILES string of the molecule is Clc1ccc(OCCSc2ncc[nH]2)cc1. The standard InChI is InChI=1S/C11H11ClN2OS/c12-9-1-3-10(4-2-9)15-7-8-16-11-13-5-6-14-11/h1-6H,7-8H2,(H,13,14). The summed E-state index contributed by atoms with van der Waals surface area (Å²) in [6, 6.07) is 7.35. The molecule has 0 unspecified atom stereocenters. The molecule has 1 aromatic heterocycles. The lowest BCUT2D eigenvalue weighted by Gasteiger charge is -2.04. The van der Waals surface area contributed by atoms with Gasteiger partial charge in [-0.3, -0.25) is 0 Å². The summed E-state index contributed by atoms with van der Waals surface area (Å²) in [5.74, 6) is 1.69.